The summed E-state index contributed by atoms with van der Waals surface area (Å²) in [6.07, 6.45) is 1.02. The van der Waals surface area contributed by atoms with Crippen LogP contribution in [0.15, 0.2) is 12.1 Å². The maximum atomic E-state index is 12.0. The minimum absolute atomic E-state index is 0.00412. The van der Waals surface area contributed by atoms with E-state index in [2.05, 4.69) is 10.6 Å². The minimum atomic E-state index is 0.00412. The van der Waals surface area contributed by atoms with Crippen LogP contribution in [-0.2, 0) is 16.0 Å². The first kappa shape index (κ1) is 18.4. The quantitative estimate of drug-likeness (QED) is 0.728. The lowest BCUT2D eigenvalue weighted by atomic mass is 10.1. The maximum absolute atomic E-state index is 12.0. The van der Waals surface area contributed by atoms with Gasteiger partial charge in [0.25, 0.3) is 0 Å². The molecule has 1 amide bonds. The van der Waals surface area contributed by atoms with Gasteiger partial charge in [0.1, 0.15) is 17.2 Å². The lowest BCUT2D eigenvalue weighted by Gasteiger charge is -2.23. The zero-order chi connectivity index (χ0) is 17.4. The van der Waals surface area contributed by atoms with Crippen molar-refractivity contribution in [3.63, 3.8) is 0 Å². The van der Waals surface area contributed by atoms with Crippen molar-refractivity contribution < 1.29 is 23.7 Å². The molecule has 0 aromatic heterocycles. The Morgan fingerprint density at radius 1 is 1.25 bits per heavy atom. The first-order valence-corrected chi connectivity index (χ1v) is 8.04. The number of carbonyl (C=O) groups excluding carboxylic acids is 1. The molecule has 1 aromatic carbocycles. The number of hydrogen-bond donors (Lipinski definition) is 2. The highest BCUT2D eigenvalue weighted by Crippen LogP contribution is 2.34. The SMILES string of the molecule is COc1cc(OC)c(CCNC(=O)CC2COCCN2)c(OC)c1. The van der Waals surface area contributed by atoms with Crippen LogP contribution in [-0.4, -0.2) is 59.6 Å². The van der Waals surface area contributed by atoms with E-state index in [1.165, 1.54) is 0 Å². The molecule has 24 heavy (non-hydrogen) atoms. The molecule has 1 aliphatic heterocycles. The minimum Gasteiger partial charge on any atom is -0.496 e. The van der Waals surface area contributed by atoms with Crippen LogP contribution in [0.25, 0.3) is 0 Å². The van der Waals surface area contributed by atoms with Crippen molar-refractivity contribution in [2.24, 2.45) is 0 Å². The smallest absolute Gasteiger partial charge is 0.221 e. The van der Waals surface area contributed by atoms with E-state index in [0.29, 0.717) is 49.8 Å². The first-order chi connectivity index (χ1) is 11.7. The number of morpholine rings is 1. The second-order valence-electron chi connectivity index (χ2n) is 5.54. The van der Waals surface area contributed by atoms with E-state index in [1.54, 1.807) is 21.3 Å². The molecule has 2 rings (SSSR count). The molecule has 1 fully saturated rings. The molecule has 7 heteroatoms. The molecule has 1 aliphatic rings. The summed E-state index contributed by atoms with van der Waals surface area (Å²) in [6, 6.07) is 3.70. The van der Waals surface area contributed by atoms with Crippen LogP contribution in [0.1, 0.15) is 12.0 Å². The Hall–Kier alpha value is -1.99. The Labute approximate surface area is 142 Å². The largest absolute Gasteiger partial charge is 0.496 e. The van der Waals surface area contributed by atoms with Gasteiger partial charge in [0, 0.05) is 43.2 Å². The number of rotatable bonds is 8. The Bertz CT molecular complexity index is 519. The van der Waals surface area contributed by atoms with Gasteiger partial charge in [0.15, 0.2) is 0 Å². The predicted octanol–water partition coefficient (Wildman–Crippen LogP) is 0.750. The van der Waals surface area contributed by atoms with Gasteiger partial charge in [0.2, 0.25) is 5.91 Å². The molecule has 7 nitrogen and oxygen atoms in total. The number of ether oxygens (including phenoxy) is 4. The van der Waals surface area contributed by atoms with Crippen LogP contribution in [0.4, 0.5) is 0 Å². The van der Waals surface area contributed by atoms with Crippen molar-refractivity contribution in [3.8, 4) is 17.2 Å². The Morgan fingerprint density at radius 3 is 2.50 bits per heavy atom. The van der Waals surface area contributed by atoms with Crippen LogP contribution in [0.5, 0.6) is 17.2 Å². The van der Waals surface area contributed by atoms with E-state index in [4.69, 9.17) is 18.9 Å². The molecule has 1 unspecified atom stereocenters. The molecular weight excluding hydrogens is 312 g/mol. The van der Waals surface area contributed by atoms with Crippen molar-refractivity contribution in [2.45, 2.75) is 18.9 Å². The van der Waals surface area contributed by atoms with Gasteiger partial charge in [-0.2, -0.15) is 0 Å². The molecule has 134 valence electrons. The number of hydrogen-bond acceptors (Lipinski definition) is 6. The fourth-order valence-electron chi connectivity index (χ4n) is 2.70. The fraction of sp³-hybridized carbons (Fsp3) is 0.588. The zero-order valence-corrected chi connectivity index (χ0v) is 14.5. The van der Waals surface area contributed by atoms with E-state index in [1.807, 2.05) is 12.1 Å². The molecule has 1 heterocycles. The van der Waals surface area contributed by atoms with Crippen molar-refractivity contribution in [3.05, 3.63) is 17.7 Å². The van der Waals surface area contributed by atoms with Gasteiger partial charge in [-0.15, -0.1) is 0 Å². The fourth-order valence-corrected chi connectivity index (χ4v) is 2.70. The third-order valence-corrected chi connectivity index (χ3v) is 3.94. The second-order valence-corrected chi connectivity index (χ2v) is 5.54. The van der Waals surface area contributed by atoms with Crippen molar-refractivity contribution in [1.29, 1.82) is 0 Å². The summed E-state index contributed by atoms with van der Waals surface area (Å²) in [4.78, 5) is 12.0. The molecule has 2 N–H and O–H groups in total. The second kappa shape index (κ2) is 9.34. The van der Waals surface area contributed by atoms with E-state index in [-0.39, 0.29) is 11.9 Å². The van der Waals surface area contributed by atoms with Crippen LogP contribution in [0.2, 0.25) is 0 Å². The monoisotopic (exact) mass is 338 g/mol. The maximum Gasteiger partial charge on any atom is 0.221 e. The van der Waals surface area contributed by atoms with Crippen molar-refractivity contribution >= 4 is 5.91 Å². The Balaban J connectivity index is 1.89. The summed E-state index contributed by atoms with van der Waals surface area (Å²) in [6.45, 7) is 2.58. The van der Waals surface area contributed by atoms with E-state index < -0.39 is 0 Å². The summed E-state index contributed by atoms with van der Waals surface area (Å²) in [5.74, 6) is 2.04. The van der Waals surface area contributed by atoms with Crippen molar-refractivity contribution in [2.75, 3.05) is 47.6 Å². The third-order valence-electron chi connectivity index (χ3n) is 3.94. The number of carbonyl (C=O) groups is 1. The molecule has 0 aliphatic carbocycles. The topological polar surface area (TPSA) is 78.1 Å². The highest BCUT2D eigenvalue weighted by atomic mass is 16.5. The summed E-state index contributed by atoms with van der Waals surface area (Å²) in [5, 5.41) is 6.20. The van der Waals surface area contributed by atoms with Gasteiger partial charge >= 0.3 is 0 Å². The Morgan fingerprint density at radius 2 is 1.96 bits per heavy atom. The summed E-state index contributed by atoms with van der Waals surface area (Å²) >= 11 is 0. The third kappa shape index (κ3) is 5.01. The van der Waals surface area contributed by atoms with Gasteiger partial charge in [-0.05, 0) is 6.42 Å². The molecule has 1 aromatic rings. The molecule has 0 saturated carbocycles. The summed E-state index contributed by atoms with van der Waals surface area (Å²) < 4.78 is 21.4. The lowest BCUT2D eigenvalue weighted by Crippen LogP contribution is -2.44. The van der Waals surface area contributed by atoms with E-state index in [9.17, 15) is 4.79 Å². The zero-order valence-electron chi connectivity index (χ0n) is 14.5. The number of amides is 1. The molecule has 0 bridgehead atoms. The average Bonchev–Trinajstić information content (AvgIpc) is 2.62. The van der Waals surface area contributed by atoms with Crippen LogP contribution in [0, 0.1) is 0 Å². The normalized spacial score (nSPS) is 17.2. The van der Waals surface area contributed by atoms with Crippen LogP contribution in [0.3, 0.4) is 0 Å². The summed E-state index contributed by atoms with van der Waals surface area (Å²) in [7, 11) is 4.80. The molecule has 1 saturated heterocycles. The van der Waals surface area contributed by atoms with Crippen molar-refractivity contribution in [1.82, 2.24) is 10.6 Å². The van der Waals surface area contributed by atoms with Gasteiger partial charge in [0.05, 0.1) is 34.5 Å². The molecule has 0 radical (unpaired) electrons. The van der Waals surface area contributed by atoms with Gasteiger partial charge in [-0.3, -0.25) is 4.79 Å². The van der Waals surface area contributed by atoms with E-state index in [0.717, 1.165) is 12.1 Å². The standard InChI is InChI=1S/C17H26N2O5/c1-21-13-9-15(22-2)14(16(10-13)23-3)4-5-19-17(20)8-12-11-24-7-6-18-12/h9-10,12,18H,4-8,11H2,1-3H3,(H,19,20). The number of methoxy groups -OCH3 is 3. The van der Waals surface area contributed by atoms with Crippen LogP contribution >= 0.6 is 0 Å². The Kier molecular flexibility index (Phi) is 7.14. The average molecular weight is 338 g/mol. The molecule has 0 spiro atoms. The van der Waals surface area contributed by atoms with Gasteiger partial charge in [-0.25, -0.2) is 0 Å². The molecular formula is C17H26N2O5. The van der Waals surface area contributed by atoms with Crippen LogP contribution < -0.4 is 24.8 Å². The molecule has 1 atom stereocenters. The lowest BCUT2D eigenvalue weighted by molar-refractivity contribution is -0.122. The highest BCUT2D eigenvalue weighted by molar-refractivity contribution is 5.76. The highest BCUT2D eigenvalue weighted by Gasteiger charge is 2.17. The predicted molar refractivity (Wildman–Crippen MR) is 90.0 cm³/mol. The summed E-state index contributed by atoms with van der Waals surface area (Å²) in [5.41, 5.74) is 0.903. The van der Waals surface area contributed by atoms with Gasteiger partial charge < -0.3 is 29.6 Å². The number of benzene rings is 1. The first-order valence-electron chi connectivity index (χ1n) is 8.04. The number of nitrogens with one attached hydrogen (secondary N) is 2. The van der Waals surface area contributed by atoms with Gasteiger partial charge in [-0.1, -0.05) is 0 Å². The van der Waals surface area contributed by atoms with E-state index >= 15 is 0 Å².